The molecule has 0 aliphatic carbocycles. The van der Waals surface area contributed by atoms with Gasteiger partial charge in [0.25, 0.3) is 0 Å². The Morgan fingerprint density at radius 1 is 0.279 bits per heavy atom. The molecule has 0 amide bonds. The van der Waals surface area contributed by atoms with Gasteiger partial charge in [0.2, 0.25) is 0 Å². The predicted octanol–water partition coefficient (Wildman–Crippen LogP) is 20.3. The molecule has 68 heavy (non-hydrogen) atoms. The van der Waals surface area contributed by atoms with Gasteiger partial charge in [0.15, 0.2) is 6.10 Å². The molecule has 0 heterocycles. The van der Waals surface area contributed by atoms with Crippen LogP contribution in [0.2, 0.25) is 0 Å². The normalized spacial score (nSPS) is 12.1. The fourth-order valence-electron chi connectivity index (χ4n) is 9.08. The van der Waals surface area contributed by atoms with Gasteiger partial charge in [-0.1, -0.05) is 270 Å². The van der Waals surface area contributed by atoms with E-state index in [1.165, 1.54) is 231 Å². The first kappa shape index (κ1) is 65.9. The van der Waals surface area contributed by atoms with Gasteiger partial charge in [-0.25, -0.2) is 0 Å². The summed E-state index contributed by atoms with van der Waals surface area (Å²) in [5.41, 5.74) is 0. The highest BCUT2D eigenvalue weighted by molar-refractivity contribution is 5.71. The van der Waals surface area contributed by atoms with Crippen molar-refractivity contribution in [3.05, 3.63) is 24.3 Å². The molecule has 0 aromatic rings. The lowest BCUT2D eigenvalue weighted by Crippen LogP contribution is -2.30. The Morgan fingerprint density at radius 3 is 0.765 bits per heavy atom. The number of unbranched alkanes of at least 4 members (excludes halogenated alkanes) is 41. The summed E-state index contributed by atoms with van der Waals surface area (Å²) in [6.45, 7) is 6.66. The Bertz CT molecular complexity index is 1100. The van der Waals surface area contributed by atoms with Crippen LogP contribution < -0.4 is 0 Å². The Labute approximate surface area is 423 Å². The SMILES string of the molecule is CCCCC/C=C\CCCCCCCC(=O)OCC(COC(=O)CCCCCCCCC/C=C\CCCCCCCCCC)OC(=O)CCCCCCCCCCCCCCCCCCCCC. The van der Waals surface area contributed by atoms with Gasteiger partial charge in [-0.15, -0.1) is 0 Å². The zero-order valence-electron chi connectivity index (χ0n) is 45.9. The fraction of sp³-hybridized carbons (Fsp3) is 0.887. The van der Waals surface area contributed by atoms with Gasteiger partial charge in [-0.05, 0) is 70.6 Å². The van der Waals surface area contributed by atoms with Crippen LogP contribution in [0.4, 0.5) is 0 Å². The Morgan fingerprint density at radius 2 is 0.485 bits per heavy atom. The molecule has 0 N–H and O–H groups in total. The lowest BCUT2D eigenvalue weighted by Gasteiger charge is -2.18. The van der Waals surface area contributed by atoms with Crippen molar-refractivity contribution in [3.63, 3.8) is 0 Å². The average Bonchev–Trinajstić information content (AvgIpc) is 3.34. The fourth-order valence-corrected chi connectivity index (χ4v) is 9.08. The summed E-state index contributed by atoms with van der Waals surface area (Å²) in [5, 5.41) is 0. The lowest BCUT2D eigenvalue weighted by molar-refractivity contribution is -0.167. The van der Waals surface area contributed by atoms with Crippen LogP contribution >= 0.6 is 0 Å². The molecule has 0 aromatic carbocycles. The molecule has 0 spiro atoms. The first-order valence-corrected chi connectivity index (χ1v) is 30.3. The third-order valence-corrected chi connectivity index (χ3v) is 13.7. The zero-order chi connectivity index (χ0) is 49.3. The van der Waals surface area contributed by atoms with E-state index < -0.39 is 6.10 Å². The number of hydrogen-bond donors (Lipinski definition) is 0. The van der Waals surface area contributed by atoms with Crippen molar-refractivity contribution in [1.82, 2.24) is 0 Å². The molecule has 1 unspecified atom stereocenters. The zero-order valence-corrected chi connectivity index (χ0v) is 45.9. The largest absolute Gasteiger partial charge is 0.462 e. The topological polar surface area (TPSA) is 78.9 Å². The molecule has 6 nitrogen and oxygen atoms in total. The van der Waals surface area contributed by atoms with Crippen LogP contribution in [0.1, 0.15) is 335 Å². The van der Waals surface area contributed by atoms with Crippen molar-refractivity contribution < 1.29 is 28.6 Å². The maximum atomic E-state index is 12.9. The summed E-state index contributed by atoms with van der Waals surface area (Å²) < 4.78 is 16.9. The summed E-state index contributed by atoms with van der Waals surface area (Å²) in [7, 11) is 0. The quantitative estimate of drug-likeness (QED) is 0.0262. The Kier molecular flexibility index (Phi) is 55.7. The standard InChI is InChI=1S/C62H116O6/c1-4-7-10-13-16-19-22-25-27-29-31-33-35-37-40-43-46-49-52-55-61(64)67-58-59(57-66-60(63)54-51-48-45-42-39-24-21-18-15-12-9-6-3)68-62(65)56-53-50-47-44-41-38-36-34-32-30-28-26-23-20-17-14-11-8-5-2/h18,21,29,31,59H,4-17,19-20,22-28,30,32-58H2,1-3H3/b21-18-,31-29-. The van der Waals surface area contributed by atoms with Gasteiger partial charge in [0, 0.05) is 19.3 Å². The second-order valence-corrected chi connectivity index (χ2v) is 20.6. The van der Waals surface area contributed by atoms with Crippen LogP contribution in [0, 0.1) is 0 Å². The van der Waals surface area contributed by atoms with Crippen LogP contribution in [0.25, 0.3) is 0 Å². The Balaban J connectivity index is 4.29. The van der Waals surface area contributed by atoms with Crippen molar-refractivity contribution >= 4 is 17.9 Å². The molecule has 1 atom stereocenters. The van der Waals surface area contributed by atoms with Crippen LogP contribution in [0.5, 0.6) is 0 Å². The number of ether oxygens (including phenoxy) is 3. The summed E-state index contributed by atoms with van der Waals surface area (Å²) in [6.07, 6.45) is 67.5. The van der Waals surface area contributed by atoms with Crippen molar-refractivity contribution in [2.24, 2.45) is 0 Å². The highest BCUT2D eigenvalue weighted by Gasteiger charge is 2.19. The highest BCUT2D eigenvalue weighted by atomic mass is 16.6. The van der Waals surface area contributed by atoms with E-state index in [4.69, 9.17) is 14.2 Å². The maximum absolute atomic E-state index is 12.9. The van der Waals surface area contributed by atoms with Gasteiger partial charge in [0.05, 0.1) is 0 Å². The second kappa shape index (κ2) is 57.5. The maximum Gasteiger partial charge on any atom is 0.306 e. The van der Waals surface area contributed by atoms with E-state index in [0.717, 1.165) is 64.2 Å². The molecule has 0 rings (SSSR count). The van der Waals surface area contributed by atoms with Crippen LogP contribution in [0.15, 0.2) is 24.3 Å². The number of carbonyl (C=O) groups is 3. The van der Waals surface area contributed by atoms with Crippen LogP contribution in [0.3, 0.4) is 0 Å². The minimum Gasteiger partial charge on any atom is -0.462 e. The molecule has 0 saturated heterocycles. The van der Waals surface area contributed by atoms with Crippen molar-refractivity contribution in [2.45, 2.75) is 341 Å². The van der Waals surface area contributed by atoms with E-state index in [1.54, 1.807) is 0 Å². The van der Waals surface area contributed by atoms with Gasteiger partial charge in [-0.3, -0.25) is 14.4 Å². The minimum atomic E-state index is -0.773. The van der Waals surface area contributed by atoms with Gasteiger partial charge >= 0.3 is 17.9 Å². The van der Waals surface area contributed by atoms with Crippen molar-refractivity contribution in [1.29, 1.82) is 0 Å². The lowest BCUT2D eigenvalue weighted by atomic mass is 10.0. The molecule has 0 aromatic heterocycles. The molecule has 0 radical (unpaired) electrons. The molecule has 0 aliphatic heterocycles. The van der Waals surface area contributed by atoms with E-state index in [0.29, 0.717) is 19.3 Å². The van der Waals surface area contributed by atoms with Crippen LogP contribution in [-0.4, -0.2) is 37.2 Å². The molecule has 6 heteroatoms. The van der Waals surface area contributed by atoms with Crippen molar-refractivity contribution in [2.75, 3.05) is 13.2 Å². The molecule has 0 saturated carbocycles. The summed E-state index contributed by atoms with van der Waals surface area (Å²) in [5.74, 6) is -0.863. The number of hydrogen-bond acceptors (Lipinski definition) is 6. The van der Waals surface area contributed by atoms with E-state index in [2.05, 4.69) is 45.1 Å². The third kappa shape index (κ3) is 54.8. The number of carbonyl (C=O) groups excluding carboxylic acids is 3. The first-order valence-electron chi connectivity index (χ1n) is 30.3. The summed E-state index contributed by atoms with van der Waals surface area (Å²) in [6, 6.07) is 0. The molecular formula is C62H116O6. The molecule has 0 bridgehead atoms. The number of rotatable bonds is 56. The number of allylic oxidation sites excluding steroid dienone is 4. The second-order valence-electron chi connectivity index (χ2n) is 20.6. The predicted molar refractivity (Wildman–Crippen MR) is 293 cm³/mol. The highest BCUT2D eigenvalue weighted by Crippen LogP contribution is 2.17. The van der Waals surface area contributed by atoms with E-state index in [1.807, 2.05) is 0 Å². The molecule has 0 aliphatic rings. The monoisotopic (exact) mass is 957 g/mol. The van der Waals surface area contributed by atoms with E-state index in [-0.39, 0.29) is 31.1 Å². The summed E-state index contributed by atoms with van der Waals surface area (Å²) in [4.78, 5) is 38.2. The average molecular weight is 958 g/mol. The first-order chi connectivity index (χ1) is 33.5. The van der Waals surface area contributed by atoms with Gasteiger partial charge in [0.1, 0.15) is 13.2 Å². The number of esters is 3. The Hall–Kier alpha value is -2.11. The minimum absolute atomic E-state index is 0.0718. The van der Waals surface area contributed by atoms with E-state index >= 15 is 0 Å². The van der Waals surface area contributed by atoms with Crippen LogP contribution in [-0.2, 0) is 28.6 Å². The molecule has 400 valence electrons. The van der Waals surface area contributed by atoms with Gasteiger partial charge in [-0.2, -0.15) is 0 Å². The third-order valence-electron chi connectivity index (χ3n) is 13.7. The van der Waals surface area contributed by atoms with E-state index in [9.17, 15) is 14.4 Å². The van der Waals surface area contributed by atoms with Gasteiger partial charge < -0.3 is 14.2 Å². The van der Waals surface area contributed by atoms with Crippen molar-refractivity contribution in [3.8, 4) is 0 Å². The molecule has 0 fully saturated rings. The smallest absolute Gasteiger partial charge is 0.306 e. The molecular weight excluding hydrogens is 841 g/mol. The summed E-state index contributed by atoms with van der Waals surface area (Å²) >= 11 is 0.